The van der Waals surface area contributed by atoms with E-state index in [1.807, 2.05) is 0 Å². The quantitative estimate of drug-likeness (QED) is 0.193. The van der Waals surface area contributed by atoms with Gasteiger partial charge in [-0.25, -0.2) is 0 Å². The number of benzene rings is 3. The number of carbonyl (C=O) groups is 1. The SMILES string of the molecule is COc1ccc(/C=C/C(=O)c2cccc(OC(F)F)c2)cc1COc1cccc(C(F)(F)F)c1. The Morgan fingerprint density at radius 2 is 1.71 bits per heavy atom. The molecular weight excluding hydrogens is 459 g/mol. The smallest absolute Gasteiger partial charge is 0.416 e. The van der Waals surface area contributed by atoms with Crippen molar-refractivity contribution in [1.82, 2.24) is 0 Å². The number of carbonyl (C=O) groups excluding carboxylic acids is 1. The highest BCUT2D eigenvalue weighted by molar-refractivity contribution is 6.07. The van der Waals surface area contributed by atoms with Crippen LogP contribution in [0.15, 0.2) is 72.8 Å². The summed E-state index contributed by atoms with van der Waals surface area (Å²) in [5, 5.41) is 0. The Hall–Kier alpha value is -3.88. The van der Waals surface area contributed by atoms with Gasteiger partial charge in [-0.2, -0.15) is 22.0 Å². The van der Waals surface area contributed by atoms with Crippen LogP contribution in [-0.2, 0) is 12.8 Å². The zero-order valence-electron chi connectivity index (χ0n) is 17.8. The Kier molecular flexibility index (Phi) is 7.88. The van der Waals surface area contributed by atoms with E-state index >= 15 is 0 Å². The number of rotatable bonds is 9. The monoisotopic (exact) mass is 478 g/mol. The van der Waals surface area contributed by atoms with Crippen LogP contribution in [0.1, 0.15) is 27.0 Å². The van der Waals surface area contributed by atoms with Crippen molar-refractivity contribution in [3.8, 4) is 17.2 Å². The lowest BCUT2D eigenvalue weighted by atomic mass is 10.1. The average molecular weight is 478 g/mol. The Bertz CT molecular complexity index is 1170. The molecule has 178 valence electrons. The van der Waals surface area contributed by atoms with Crippen molar-refractivity contribution in [2.45, 2.75) is 19.4 Å². The number of ketones is 1. The van der Waals surface area contributed by atoms with Gasteiger partial charge in [-0.1, -0.05) is 30.3 Å². The van der Waals surface area contributed by atoms with Gasteiger partial charge < -0.3 is 14.2 Å². The van der Waals surface area contributed by atoms with Gasteiger partial charge in [-0.3, -0.25) is 4.79 Å². The van der Waals surface area contributed by atoms with Crippen LogP contribution in [0, 0.1) is 0 Å². The summed E-state index contributed by atoms with van der Waals surface area (Å²) in [5.74, 6) is -0.0729. The molecule has 0 atom stereocenters. The third kappa shape index (κ3) is 6.81. The summed E-state index contributed by atoms with van der Waals surface area (Å²) >= 11 is 0. The summed E-state index contributed by atoms with van der Waals surface area (Å²) in [5.41, 5.74) is 0.477. The molecule has 0 fully saturated rings. The minimum atomic E-state index is -4.49. The molecular formula is C25H19F5O4. The Morgan fingerprint density at radius 3 is 2.41 bits per heavy atom. The first-order valence-electron chi connectivity index (χ1n) is 9.90. The summed E-state index contributed by atoms with van der Waals surface area (Å²) in [4.78, 5) is 12.4. The fraction of sp³-hybridized carbons (Fsp3) is 0.160. The molecule has 4 nitrogen and oxygen atoms in total. The summed E-state index contributed by atoms with van der Waals surface area (Å²) in [6.45, 7) is -3.08. The number of methoxy groups -OCH3 is 1. The van der Waals surface area contributed by atoms with Crippen molar-refractivity contribution in [3.63, 3.8) is 0 Å². The minimum Gasteiger partial charge on any atom is -0.496 e. The zero-order valence-corrected chi connectivity index (χ0v) is 17.8. The second-order valence-corrected chi connectivity index (χ2v) is 6.99. The molecule has 0 saturated heterocycles. The van der Waals surface area contributed by atoms with Crippen LogP contribution in [0.5, 0.6) is 17.2 Å². The lowest BCUT2D eigenvalue weighted by Gasteiger charge is -2.13. The van der Waals surface area contributed by atoms with Gasteiger partial charge in [-0.05, 0) is 54.1 Å². The van der Waals surface area contributed by atoms with E-state index in [2.05, 4.69) is 4.74 Å². The molecule has 3 aromatic rings. The lowest BCUT2D eigenvalue weighted by Crippen LogP contribution is -2.05. The molecule has 0 spiro atoms. The normalized spacial score (nSPS) is 11.6. The van der Waals surface area contributed by atoms with E-state index in [0.29, 0.717) is 16.9 Å². The predicted octanol–water partition coefficient (Wildman–Crippen LogP) is 6.79. The van der Waals surface area contributed by atoms with Crippen LogP contribution in [0.2, 0.25) is 0 Å². The van der Waals surface area contributed by atoms with Crippen LogP contribution in [0.4, 0.5) is 22.0 Å². The third-order valence-electron chi connectivity index (χ3n) is 4.63. The van der Waals surface area contributed by atoms with Crippen molar-refractivity contribution in [1.29, 1.82) is 0 Å². The fourth-order valence-electron chi connectivity index (χ4n) is 3.03. The maximum Gasteiger partial charge on any atom is 0.416 e. The van der Waals surface area contributed by atoms with Crippen molar-refractivity contribution in [2.24, 2.45) is 0 Å². The van der Waals surface area contributed by atoms with Crippen LogP contribution >= 0.6 is 0 Å². The van der Waals surface area contributed by atoms with E-state index in [1.54, 1.807) is 18.2 Å². The number of hydrogen-bond acceptors (Lipinski definition) is 4. The standard InChI is InChI=1S/C25H19F5O4/c1-32-23-11-9-16(8-10-22(31)17-4-2-7-21(13-17)34-24(26)27)12-18(23)15-33-20-6-3-5-19(14-20)25(28,29)30/h2-14,24H,15H2,1H3/b10-8+. The highest BCUT2D eigenvalue weighted by atomic mass is 19.4. The molecule has 0 aliphatic heterocycles. The van der Waals surface area contributed by atoms with E-state index < -0.39 is 24.1 Å². The molecule has 3 aromatic carbocycles. The fourth-order valence-corrected chi connectivity index (χ4v) is 3.03. The molecule has 9 heteroatoms. The predicted molar refractivity (Wildman–Crippen MR) is 115 cm³/mol. The molecule has 0 heterocycles. The van der Waals surface area contributed by atoms with Crippen LogP contribution in [0.3, 0.4) is 0 Å². The van der Waals surface area contributed by atoms with Crippen LogP contribution < -0.4 is 14.2 Å². The second-order valence-electron chi connectivity index (χ2n) is 6.99. The van der Waals surface area contributed by atoms with Crippen molar-refractivity contribution >= 4 is 11.9 Å². The highest BCUT2D eigenvalue weighted by Crippen LogP contribution is 2.32. The summed E-state index contributed by atoms with van der Waals surface area (Å²) < 4.78 is 78.6. The van der Waals surface area contributed by atoms with E-state index in [0.717, 1.165) is 12.1 Å². The van der Waals surface area contributed by atoms with Gasteiger partial charge in [-0.15, -0.1) is 0 Å². The number of alkyl halides is 5. The largest absolute Gasteiger partial charge is 0.496 e. The van der Waals surface area contributed by atoms with E-state index in [4.69, 9.17) is 9.47 Å². The summed E-state index contributed by atoms with van der Waals surface area (Å²) in [6.07, 6.45) is -1.71. The van der Waals surface area contributed by atoms with Gasteiger partial charge in [0.05, 0.1) is 12.7 Å². The zero-order chi connectivity index (χ0) is 24.7. The summed E-state index contributed by atoms with van der Waals surface area (Å²) in [6, 6.07) is 14.9. The lowest BCUT2D eigenvalue weighted by molar-refractivity contribution is -0.137. The number of halogens is 5. The molecule has 0 N–H and O–H groups in total. The number of allylic oxidation sites excluding steroid dienone is 1. The van der Waals surface area contributed by atoms with Crippen LogP contribution in [0.25, 0.3) is 6.08 Å². The van der Waals surface area contributed by atoms with Crippen molar-refractivity contribution in [2.75, 3.05) is 7.11 Å². The molecule has 0 bridgehead atoms. The first kappa shape index (κ1) is 24.8. The van der Waals surface area contributed by atoms with Crippen molar-refractivity contribution < 1.29 is 41.0 Å². The molecule has 3 rings (SSSR count). The van der Waals surface area contributed by atoms with E-state index in [1.165, 1.54) is 55.7 Å². The van der Waals surface area contributed by atoms with E-state index in [-0.39, 0.29) is 23.7 Å². The molecule has 0 saturated carbocycles. The highest BCUT2D eigenvalue weighted by Gasteiger charge is 2.30. The van der Waals surface area contributed by atoms with E-state index in [9.17, 15) is 26.7 Å². The van der Waals surface area contributed by atoms with Gasteiger partial charge in [0, 0.05) is 11.1 Å². The Balaban J connectivity index is 1.74. The maximum atomic E-state index is 12.9. The molecule has 0 radical (unpaired) electrons. The van der Waals surface area contributed by atoms with Gasteiger partial charge in [0.2, 0.25) is 0 Å². The molecule has 0 aliphatic rings. The van der Waals surface area contributed by atoms with Gasteiger partial charge in [0.15, 0.2) is 5.78 Å². The van der Waals surface area contributed by atoms with Gasteiger partial charge in [0.25, 0.3) is 0 Å². The van der Waals surface area contributed by atoms with Gasteiger partial charge in [0.1, 0.15) is 23.9 Å². The third-order valence-corrected chi connectivity index (χ3v) is 4.63. The van der Waals surface area contributed by atoms with Gasteiger partial charge >= 0.3 is 12.8 Å². The molecule has 34 heavy (non-hydrogen) atoms. The first-order chi connectivity index (χ1) is 16.2. The molecule has 0 aliphatic carbocycles. The Morgan fingerprint density at radius 1 is 0.971 bits per heavy atom. The molecule has 0 amide bonds. The maximum absolute atomic E-state index is 12.9. The van der Waals surface area contributed by atoms with Crippen LogP contribution in [-0.4, -0.2) is 19.5 Å². The molecule has 0 unspecified atom stereocenters. The average Bonchev–Trinajstić information content (AvgIpc) is 2.80. The number of ether oxygens (including phenoxy) is 3. The topological polar surface area (TPSA) is 44.8 Å². The Labute approximate surface area is 192 Å². The first-order valence-corrected chi connectivity index (χ1v) is 9.90. The second kappa shape index (κ2) is 10.8. The molecule has 0 aromatic heterocycles. The van der Waals surface area contributed by atoms with Crippen molar-refractivity contribution in [3.05, 3.63) is 95.1 Å². The number of hydrogen-bond donors (Lipinski definition) is 0. The summed E-state index contributed by atoms with van der Waals surface area (Å²) in [7, 11) is 1.44. The minimum absolute atomic E-state index is 0.0406.